The van der Waals surface area contributed by atoms with Gasteiger partial charge in [-0.25, -0.2) is 0 Å². The lowest BCUT2D eigenvalue weighted by atomic mass is 10.1. The zero-order valence-electron chi connectivity index (χ0n) is 13.2. The summed E-state index contributed by atoms with van der Waals surface area (Å²) in [7, 11) is 0. The van der Waals surface area contributed by atoms with Crippen molar-refractivity contribution in [1.82, 2.24) is 10.6 Å². The van der Waals surface area contributed by atoms with E-state index in [0.29, 0.717) is 13.2 Å². The Bertz CT molecular complexity index is 463. The number of ether oxygens (including phenoxy) is 1. The zero-order valence-corrected chi connectivity index (χ0v) is 13.2. The number of hydrogen-bond donors (Lipinski definition) is 2. The fourth-order valence-electron chi connectivity index (χ4n) is 2.31. The molecule has 1 amide bonds. The topological polar surface area (TPSA) is 50.4 Å². The van der Waals surface area contributed by atoms with E-state index in [9.17, 15) is 4.79 Å². The van der Waals surface area contributed by atoms with Gasteiger partial charge >= 0.3 is 0 Å². The lowest BCUT2D eigenvalue weighted by Crippen LogP contribution is -2.42. The normalized spacial score (nSPS) is 15.6. The third kappa shape index (κ3) is 5.38. The molecule has 21 heavy (non-hydrogen) atoms. The Morgan fingerprint density at radius 3 is 2.62 bits per heavy atom. The minimum absolute atomic E-state index is 0.000712. The Labute approximate surface area is 127 Å². The quantitative estimate of drug-likeness (QED) is 0.771. The first-order chi connectivity index (χ1) is 10.1. The molecule has 1 saturated carbocycles. The minimum atomic E-state index is -0.000712. The van der Waals surface area contributed by atoms with Gasteiger partial charge in [-0.15, -0.1) is 0 Å². The molecule has 1 aliphatic carbocycles. The summed E-state index contributed by atoms with van der Waals surface area (Å²) in [4.78, 5) is 11.8. The van der Waals surface area contributed by atoms with E-state index in [1.807, 2.05) is 39.0 Å². The van der Waals surface area contributed by atoms with E-state index in [4.69, 9.17) is 4.74 Å². The van der Waals surface area contributed by atoms with E-state index in [1.165, 1.54) is 12.8 Å². The molecular formula is C17H26N2O2. The molecule has 0 aliphatic heterocycles. The number of rotatable bonds is 8. The predicted molar refractivity (Wildman–Crippen MR) is 84.6 cm³/mol. The number of amides is 1. The minimum Gasteiger partial charge on any atom is -0.491 e. The van der Waals surface area contributed by atoms with Crippen molar-refractivity contribution in [2.24, 2.45) is 5.92 Å². The second-order valence-electron chi connectivity index (χ2n) is 6.07. The first kappa shape index (κ1) is 15.8. The van der Waals surface area contributed by atoms with Crippen molar-refractivity contribution in [3.63, 3.8) is 0 Å². The van der Waals surface area contributed by atoms with Crippen LogP contribution in [0.15, 0.2) is 18.2 Å². The van der Waals surface area contributed by atoms with Crippen molar-refractivity contribution < 1.29 is 9.53 Å². The van der Waals surface area contributed by atoms with Crippen LogP contribution in [-0.2, 0) is 4.79 Å². The van der Waals surface area contributed by atoms with Gasteiger partial charge in [-0.3, -0.25) is 4.79 Å². The smallest absolute Gasteiger partial charge is 0.234 e. The molecule has 1 unspecified atom stereocenters. The fourth-order valence-corrected chi connectivity index (χ4v) is 2.31. The van der Waals surface area contributed by atoms with E-state index >= 15 is 0 Å². The fraction of sp³-hybridized carbons (Fsp3) is 0.588. The Kier molecular flexibility index (Phi) is 5.62. The number of aryl methyl sites for hydroxylation is 2. The van der Waals surface area contributed by atoms with Crippen molar-refractivity contribution >= 4 is 5.91 Å². The maximum Gasteiger partial charge on any atom is 0.234 e. The lowest BCUT2D eigenvalue weighted by Gasteiger charge is -2.17. The highest BCUT2D eigenvalue weighted by molar-refractivity contribution is 5.78. The van der Waals surface area contributed by atoms with E-state index < -0.39 is 0 Å². The molecule has 2 rings (SSSR count). The molecule has 4 heteroatoms. The molecule has 1 aromatic carbocycles. The SMILES string of the molecule is Cc1cccc(C)c1OCC(C)NC(=O)CNCC1CC1. The van der Waals surface area contributed by atoms with Crippen LogP contribution in [0.3, 0.4) is 0 Å². The van der Waals surface area contributed by atoms with Gasteiger partial charge in [0.15, 0.2) is 0 Å². The summed E-state index contributed by atoms with van der Waals surface area (Å²) in [5.74, 6) is 1.75. The molecule has 0 heterocycles. The summed E-state index contributed by atoms with van der Waals surface area (Å²) in [6, 6.07) is 6.09. The van der Waals surface area contributed by atoms with Crippen molar-refractivity contribution in [2.75, 3.05) is 19.7 Å². The molecule has 1 fully saturated rings. The number of para-hydroxylation sites is 1. The number of nitrogens with one attached hydrogen (secondary N) is 2. The van der Waals surface area contributed by atoms with Gasteiger partial charge in [0.05, 0.1) is 12.6 Å². The van der Waals surface area contributed by atoms with Crippen LogP contribution in [0, 0.1) is 19.8 Å². The third-order valence-corrected chi connectivity index (χ3v) is 3.71. The highest BCUT2D eigenvalue weighted by atomic mass is 16.5. The molecule has 0 bridgehead atoms. The summed E-state index contributed by atoms with van der Waals surface area (Å²) in [5.41, 5.74) is 2.25. The first-order valence-corrected chi connectivity index (χ1v) is 7.75. The van der Waals surface area contributed by atoms with Crippen LogP contribution in [0.4, 0.5) is 0 Å². The van der Waals surface area contributed by atoms with E-state index in [2.05, 4.69) is 10.6 Å². The van der Waals surface area contributed by atoms with Crippen molar-refractivity contribution in [3.8, 4) is 5.75 Å². The maximum atomic E-state index is 11.8. The molecule has 0 spiro atoms. The van der Waals surface area contributed by atoms with Gasteiger partial charge in [-0.2, -0.15) is 0 Å². The number of carbonyl (C=O) groups is 1. The highest BCUT2D eigenvalue weighted by Crippen LogP contribution is 2.27. The zero-order chi connectivity index (χ0) is 15.2. The van der Waals surface area contributed by atoms with Crippen LogP contribution in [-0.4, -0.2) is 31.6 Å². The number of hydrogen-bond acceptors (Lipinski definition) is 3. The monoisotopic (exact) mass is 290 g/mol. The van der Waals surface area contributed by atoms with Gasteiger partial charge in [0.2, 0.25) is 5.91 Å². The van der Waals surface area contributed by atoms with Crippen LogP contribution < -0.4 is 15.4 Å². The molecular weight excluding hydrogens is 264 g/mol. The molecule has 0 aromatic heterocycles. The van der Waals surface area contributed by atoms with E-state index in [0.717, 1.165) is 29.3 Å². The van der Waals surface area contributed by atoms with Gasteiger partial charge in [0.1, 0.15) is 12.4 Å². The lowest BCUT2D eigenvalue weighted by molar-refractivity contribution is -0.121. The average Bonchev–Trinajstić information content (AvgIpc) is 3.22. The molecule has 4 nitrogen and oxygen atoms in total. The summed E-state index contributed by atoms with van der Waals surface area (Å²) in [5, 5.41) is 6.15. The van der Waals surface area contributed by atoms with Gasteiger partial charge < -0.3 is 15.4 Å². The Morgan fingerprint density at radius 1 is 1.33 bits per heavy atom. The largest absolute Gasteiger partial charge is 0.491 e. The summed E-state index contributed by atoms with van der Waals surface area (Å²) in [6.45, 7) is 7.87. The van der Waals surface area contributed by atoms with Crippen LogP contribution >= 0.6 is 0 Å². The van der Waals surface area contributed by atoms with E-state index in [1.54, 1.807) is 0 Å². The standard InChI is InChI=1S/C17H26N2O2/c1-12-5-4-6-13(2)17(12)21-11-14(3)19-16(20)10-18-9-15-7-8-15/h4-6,14-15,18H,7-11H2,1-3H3,(H,19,20). The molecule has 1 aromatic rings. The van der Waals surface area contributed by atoms with Crippen LogP contribution in [0.2, 0.25) is 0 Å². The molecule has 1 atom stereocenters. The second-order valence-corrected chi connectivity index (χ2v) is 6.07. The van der Waals surface area contributed by atoms with Crippen molar-refractivity contribution in [2.45, 2.75) is 39.7 Å². The first-order valence-electron chi connectivity index (χ1n) is 7.75. The summed E-state index contributed by atoms with van der Waals surface area (Å²) >= 11 is 0. The van der Waals surface area contributed by atoms with E-state index in [-0.39, 0.29) is 11.9 Å². The predicted octanol–water partition coefficient (Wildman–Crippen LogP) is 2.19. The molecule has 116 valence electrons. The molecule has 2 N–H and O–H groups in total. The number of benzene rings is 1. The molecule has 1 aliphatic rings. The maximum absolute atomic E-state index is 11.8. The Balaban J connectivity index is 1.68. The summed E-state index contributed by atoms with van der Waals surface area (Å²) in [6.07, 6.45) is 2.60. The Hall–Kier alpha value is -1.55. The van der Waals surface area contributed by atoms with Crippen molar-refractivity contribution in [3.05, 3.63) is 29.3 Å². The Morgan fingerprint density at radius 2 is 2.00 bits per heavy atom. The highest BCUT2D eigenvalue weighted by Gasteiger charge is 2.20. The van der Waals surface area contributed by atoms with Crippen LogP contribution in [0.25, 0.3) is 0 Å². The van der Waals surface area contributed by atoms with Crippen LogP contribution in [0.5, 0.6) is 5.75 Å². The molecule has 0 saturated heterocycles. The molecule has 0 radical (unpaired) electrons. The third-order valence-electron chi connectivity index (χ3n) is 3.71. The average molecular weight is 290 g/mol. The summed E-state index contributed by atoms with van der Waals surface area (Å²) < 4.78 is 5.85. The van der Waals surface area contributed by atoms with Gasteiger partial charge in [-0.1, -0.05) is 18.2 Å². The van der Waals surface area contributed by atoms with Gasteiger partial charge in [0.25, 0.3) is 0 Å². The second kappa shape index (κ2) is 7.46. The van der Waals surface area contributed by atoms with Gasteiger partial charge in [-0.05, 0) is 57.2 Å². The van der Waals surface area contributed by atoms with Crippen molar-refractivity contribution in [1.29, 1.82) is 0 Å². The number of carbonyl (C=O) groups excluding carboxylic acids is 1. The van der Waals surface area contributed by atoms with Gasteiger partial charge in [0, 0.05) is 0 Å². The van der Waals surface area contributed by atoms with Crippen LogP contribution in [0.1, 0.15) is 30.9 Å².